The van der Waals surface area contributed by atoms with Gasteiger partial charge in [-0.15, -0.1) is 0 Å². The number of hydrogen-bond donors (Lipinski definition) is 0. The van der Waals surface area contributed by atoms with Crippen molar-refractivity contribution in [2.75, 3.05) is 41.0 Å². The molecule has 0 spiro atoms. The van der Waals surface area contributed by atoms with Crippen molar-refractivity contribution in [2.24, 2.45) is 5.92 Å². The van der Waals surface area contributed by atoms with E-state index >= 15 is 0 Å². The minimum absolute atomic E-state index is 0.815. The summed E-state index contributed by atoms with van der Waals surface area (Å²) in [6.45, 7) is 5.92. The van der Waals surface area contributed by atoms with Crippen LogP contribution in [0.15, 0.2) is 12.1 Å². The predicted octanol–water partition coefficient (Wildman–Crippen LogP) is 3.26. The summed E-state index contributed by atoms with van der Waals surface area (Å²) in [4.78, 5) is 2.37. The first-order valence-corrected chi connectivity index (χ1v) is 8.12. The molecule has 4 heteroatoms. The van der Waals surface area contributed by atoms with E-state index in [-0.39, 0.29) is 0 Å². The van der Waals surface area contributed by atoms with Crippen molar-refractivity contribution in [3.05, 3.63) is 23.3 Å². The van der Waals surface area contributed by atoms with E-state index < -0.39 is 0 Å². The zero-order valence-electron chi connectivity index (χ0n) is 14.4. The summed E-state index contributed by atoms with van der Waals surface area (Å²) < 4.78 is 16.4. The number of hydrogen-bond acceptors (Lipinski definition) is 4. The fourth-order valence-corrected chi connectivity index (χ4v) is 3.17. The molecule has 0 saturated carbocycles. The van der Waals surface area contributed by atoms with Crippen molar-refractivity contribution in [1.29, 1.82) is 0 Å². The molecule has 0 N–H and O–H groups in total. The van der Waals surface area contributed by atoms with Gasteiger partial charge in [-0.3, -0.25) is 0 Å². The molecular formula is C18H29NO3. The fourth-order valence-electron chi connectivity index (χ4n) is 3.17. The van der Waals surface area contributed by atoms with Crippen LogP contribution in [0.1, 0.15) is 30.4 Å². The van der Waals surface area contributed by atoms with Crippen molar-refractivity contribution in [3.8, 4) is 11.5 Å². The van der Waals surface area contributed by atoms with Gasteiger partial charge in [-0.2, -0.15) is 0 Å². The van der Waals surface area contributed by atoms with Gasteiger partial charge in [0.2, 0.25) is 0 Å². The molecule has 1 aromatic rings. The lowest BCUT2D eigenvalue weighted by Crippen LogP contribution is -2.24. The van der Waals surface area contributed by atoms with Gasteiger partial charge in [0.25, 0.3) is 0 Å². The van der Waals surface area contributed by atoms with E-state index in [1.807, 2.05) is 13.0 Å². The molecule has 1 heterocycles. The summed E-state index contributed by atoms with van der Waals surface area (Å²) >= 11 is 0. The van der Waals surface area contributed by atoms with Crippen LogP contribution >= 0.6 is 0 Å². The second-order valence-corrected chi connectivity index (χ2v) is 6.17. The Labute approximate surface area is 134 Å². The van der Waals surface area contributed by atoms with Crippen molar-refractivity contribution in [2.45, 2.75) is 32.7 Å². The molecule has 124 valence electrons. The van der Waals surface area contributed by atoms with Crippen LogP contribution in [0.2, 0.25) is 0 Å². The third-order valence-corrected chi connectivity index (χ3v) is 4.56. The standard InChI is InChI=1S/C18H29NO3/c1-14-17(20-3)6-5-16(18(14)21-4)13-19(2)10-7-15-8-11-22-12-9-15/h5-6,15H,7-13H2,1-4H3. The summed E-state index contributed by atoms with van der Waals surface area (Å²) in [5.41, 5.74) is 2.29. The highest BCUT2D eigenvalue weighted by atomic mass is 16.5. The molecule has 1 saturated heterocycles. The molecule has 4 nitrogen and oxygen atoms in total. The Bertz CT molecular complexity index is 470. The average molecular weight is 307 g/mol. The molecule has 0 bridgehead atoms. The van der Waals surface area contributed by atoms with Crippen LogP contribution in [-0.2, 0) is 11.3 Å². The summed E-state index contributed by atoms with van der Waals surface area (Å²) in [5, 5.41) is 0. The van der Waals surface area contributed by atoms with Gasteiger partial charge < -0.3 is 19.1 Å². The van der Waals surface area contributed by atoms with Crippen molar-refractivity contribution in [3.63, 3.8) is 0 Å². The van der Waals surface area contributed by atoms with E-state index in [0.29, 0.717) is 0 Å². The minimum atomic E-state index is 0.815. The van der Waals surface area contributed by atoms with E-state index in [0.717, 1.165) is 49.3 Å². The highest BCUT2D eigenvalue weighted by molar-refractivity contribution is 5.49. The van der Waals surface area contributed by atoms with Crippen LogP contribution in [0.25, 0.3) is 0 Å². The van der Waals surface area contributed by atoms with Gasteiger partial charge in [0.15, 0.2) is 0 Å². The van der Waals surface area contributed by atoms with Crippen LogP contribution in [0.3, 0.4) is 0 Å². The quantitative estimate of drug-likeness (QED) is 0.773. The zero-order valence-corrected chi connectivity index (χ0v) is 14.4. The molecule has 22 heavy (non-hydrogen) atoms. The van der Waals surface area contributed by atoms with E-state index in [4.69, 9.17) is 14.2 Å². The molecule has 1 aliphatic rings. The molecular weight excluding hydrogens is 278 g/mol. The van der Waals surface area contributed by atoms with E-state index in [1.165, 1.54) is 24.8 Å². The normalized spacial score (nSPS) is 16.0. The van der Waals surface area contributed by atoms with Gasteiger partial charge in [-0.05, 0) is 51.8 Å². The first kappa shape index (κ1) is 17.1. The molecule has 0 radical (unpaired) electrons. The first-order chi connectivity index (χ1) is 10.7. The zero-order chi connectivity index (χ0) is 15.9. The molecule has 0 amide bonds. The lowest BCUT2D eigenvalue weighted by Gasteiger charge is -2.25. The highest BCUT2D eigenvalue weighted by Gasteiger charge is 2.16. The second kappa shape index (κ2) is 8.39. The second-order valence-electron chi connectivity index (χ2n) is 6.17. The summed E-state index contributed by atoms with van der Waals surface area (Å²) in [6, 6.07) is 4.13. The Balaban J connectivity index is 1.93. The van der Waals surface area contributed by atoms with Gasteiger partial charge in [-0.25, -0.2) is 0 Å². The predicted molar refractivity (Wildman–Crippen MR) is 88.8 cm³/mol. The Kier molecular flexibility index (Phi) is 6.52. The Morgan fingerprint density at radius 2 is 1.91 bits per heavy atom. The van der Waals surface area contributed by atoms with Gasteiger partial charge in [0.05, 0.1) is 14.2 Å². The number of ether oxygens (including phenoxy) is 3. The maximum atomic E-state index is 5.59. The molecule has 0 atom stereocenters. The Hall–Kier alpha value is -1.26. The minimum Gasteiger partial charge on any atom is -0.496 e. The average Bonchev–Trinajstić information content (AvgIpc) is 2.54. The van der Waals surface area contributed by atoms with Crippen LogP contribution in [0.4, 0.5) is 0 Å². The van der Waals surface area contributed by atoms with Gasteiger partial charge >= 0.3 is 0 Å². The maximum absolute atomic E-state index is 5.59. The first-order valence-electron chi connectivity index (χ1n) is 8.12. The number of methoxy groups -OCH3 is 2. The number of nitrogens with zero attached hydrogens (tertiary/aromatic N) is 1. The van der Waals surface area contributed by atoms with E-state index in [9.17, 15) is 0 Å². The Morgan fingerprint density at radius 1 is 1.18 bits per heavy atom. The maximum Gasteiger partial charge on any atom is 0.129 e. The summed E-state index contributed by atoms with van der Waals surface area (Å²) in [5.74, 6) is 2.64. The fraction of sp³-hybridized carbons (Fsp3) is 0.667. The molecule has 1 aromatic carbocycles. The van der Waals surface area contributed by atoms with Crippen LogP contribution in [0.5, 0.6) is 11.5 Å². The third-order valence-electron chi connectivity index (χ3n) is 4.56. The summed E-state index contributed by atoms with van der Waals surface area (Å²) in [7, 11) is 5.60. The molecule has 1 aliphatic heterocycles. The molecule has 0 aliphatic carbocycles. The van der Waals surface area contributed by atoms with Crippen LogP contribution in [0, 0.1) is 12.8 Å². The lowest BCUT2D eigenvalue weighted by atomic mass is 9.96. The smallest absolute Gasteiger partial charge is 0.129 e. The third kappa shape index (κ3) is 4.37. The van der Waals surface area contributed by atoms with Crippen LogP contribution < -0.4 is 9.47 Å². The SMILES string of the molecule is COc1ccc(CN(C)CCC2CCOCC2)c(OC)c1C. The van der Waals surface area contributed by atoms with Crippen LogP contribution in [-0.4, -0.2) is 45.9 Å². The van der Waals surface area contributed by atoms with E-state index in [2.05, 4.69) is 18.0 Å². The van der Waals surface area contributed by atoms with Gasteiger partial charge in [0, 0.05) is 30.9 Å². The monoisotopic (exact) mass is 307 g/mol. The van der Waals surface area contributed by atoms with Gasteiger partial charge in [-0.1, -0.05) is 6.07 Å². The molecule has 0 unspecified atom stereocenters. The molecule has 1 fully saturated rings. The topological polar surface area (TPSA) is 30.9 Å². The van der Waals surface area contributed by atoms with Gasteiger partial charge in [0.1, 0.15) is 11.5 Å². The van der Waals surface area contributed by atoms with E-state index in [1.54, 1.807) is 14.2 Å². The molecule has 0 aromatic heterocycles. The van der Waals surface area contributed by atoms with Crippen molar-refractivity contribution < 1.29 is 14.2 Å². The number of rotatable bonds is 7. The molecule has 2 rings (SSSR count). The lowest BCUT2D eigenvalue weighted by molar-refractivity contribution is 0.0608. The summed E-state index contributed by atoms with van der Waals surface area (Å²) in [6.07, 6.45) is 3.66. The highest BCUT2D eigenvalue weighted by Crippen LogP contribution is 2.32. The number of benzene rings is 1. The van der Waals surface area contributed by atoms with Crippen molar-refractivity contribution >= 4 is 0 Å². The van der Waals surface area contributed by atoms with Crippen molar-refractivity contribution in [1.82, 2.24) is 4.90 Å². The Morgan fingerprint density at radius 3 is 2.55 bits per heavy atom. The largest absolute Gasteiger partial charge is 0.496 e.